The van der Waals surface area contributed by atoms with Crippen molar-refractivity contribution in [2.24, 2.45) is 11.8 Å². The van der Waals surface area contributed by atoms with Gasteiger partial charge in [0.2, 0.25) is 11.8 Å². The van der Waals surface area contributed by atoms with E-state index in [9.17, 15) is 14.4 Å². The van der Waals surface area contributed by atoms with Crippen molar-refractivity contribution in [3.05, 3.63) is 53.1 Å². The van der Waals surface area contributed by atoms with Crippen LogP contribution in [0.2, 0.25) is 0 Å². The van der Waals surface area contributed by atoms with Crippen LogP contribution in [0, 0.1) is 11.8 Å². The van der Waals surface area contributed by atoms with E-state index in [0.717, 1.165) is 12.1 Å². The third kappa shape index (κ3) is 3.87. The van der Waals surface area contributed by atoms with Gasteiger partial charge in [-0.25, -0.2) is 9.99 Å². The average molecular weight is 425 g/mol. The number of nitrogens with one attached hydrogen (secondary N) is 2. The fourth-order valence-corrected chi connectivity index (χ4v) is 4.54. The van der Waals surface area contributed by atoms with Gasteiger partial charge in [0.05, 0.1) is 23.2 Å². The number of hydrogen-bond acceptors (Lipinski definition) is 5. The lowest BCUT2D eigenvalue weighted by Crippen LogP contribution is -2.59. The van der Waals surface area contributed by atoms with Crippen molar-refractivity contribution in [1.82, 2.24) is 10.4 Å². The molecule has 2 N–H and O–H groups in total. The lowest BCUT2D eigenvalue weighted by atomic mass is 9.80. The number of fused-ring (bicyclic) bond motifs is 1. The molecule has 2 aromatic rings. The molecule has 1 saturated heterocycles. The first-order chi connectivity index (χ1) is 14.5. The summed E-state index contributed by atoms with van der Waals surface area (Å²) in [5.41, 5.74) is 4.51. The van der Waals surface area contributed by atoms with Crippen LogP contribution in [0.1, 0.15) is 55.1 Å². The van der Waals surface area contributed by atoms with Crippen LogP contribution in [-0.2, 0) is 9.59 Å². The average Bonchev–Trinajstić information content (AvgIpc) is 3.24. The maximum atomic E-state index is 12.9. The molecule has 30 heavy (non-hydrogen) atoms. The molecular formula is C22H24N4O3S. The topological polar surface area (TPSA) is 91.4 Å². The fourth-order valence-electron chi connectivity index (χ4n) is 3.72. The van der Waals surface area contributed by atoms with Crippen molar-refractivity contribution in [3.63, 3.8) is 0 Å². The molecule has 1 fully saturated rings. The minimum atomic E-state index is -0.365. The molecule has 0 radical (unpaired) electrons. The number of carbonyl (C=O) groups is 3. The second kappa shape index (κ2) is 8.39. The molecule has 4 rings (SSSR count). The summed E-state index contributed by atoms with van der Waals surface area (Å²) in [6.45, 7) is 4.20. The number of thiazole rings is 1. The molecule has 0 saturated carbocycles. The Kier molecular flexibility index (Phi) is 5.67. The summed E-state index contributed by atoms with van der Waals surface area (Å²) in [7, 11) is 0. The van der Waals surface area contributed by atoms with Crippen LogP contribution in [0.15, 0.2) is 41.8 Å². The van der Waals surface area contributed by atoms with E-state index in [2.05, 4.69) is 29.6 Å². The summed E-state index contributed by atoms with van der Waals surface area (Å²) in [5, 5.41) is 6.59. The number of carbonyl (C=O) groups excluding carboxylic acids is 3. The first kappa shape index (κ1) is 20.3. The van der Waals surface area contributed by atoms with Crippen LogP contribution in [0.5, 0.6) is 0 Å². The summed E-state index contributed by atoms with van der Waals surface area (Å²) in [4.78, 5) is 42.6. The van der Waals surface area contributed by atoms with Crippen molar-refractivity contribution in [2.75, 3.05) is 10.3 Å². The summed E-state index contributed by atoms with van der Waals surface area (Å²) in [6.07, 6.45) is 5.99. The lowest BCUT2D eigenvalue weighted by Gasteiger charge is -2.38. The third-order valence-electron chi connectivity index (χ3n) is 5.75. The molecule has 1 aliphatic carbocycles. The monoisotopic (exact) mass is 424 g/mol. The number of hydrogen-bond donors (Lipinski definition) is 2. The van der Waals surface area contributed by atoms with Crippen LogP contribution >= 0.6 is 11.3 Å². The Bertz CT molecular complexity index is 1020. The highest BCUT2D eigenvalue weighted by atomic mass is 32.1. The Morgan fingerprint density at radius 3 is 2.83 bits per heavy atom. The lowest BCUT2D eigenvalue weighted by molar-refractivity contribution is -0.139. The van der Waals surface area contributed by atoms with Crippen molar-refractivity contribution in [2.45, 2.75) is 39.0 Å². The Morgan fingerprint density at radius 1 is 1.30 bits per heavy atom. The van der Waals surface area contributed by atoms with Gasteiger partial charge < -0.3 is 0 Å². The molecule has 156 valence electrons. The Labute approximate surface area is 179 Å². The SMILES string of the molecule is CC[C@H](C)c1csc(NC(=O)c2cccc(N3NC(=O)[C@H]4CC=CC[C@H]4C3=O)c2)n1. The van der Waals surface area contributed by atoms with Gasteiger partial charge in [0, 0.05) is 10.9 Å². The zero-order chi connectivity index (χ0) is 21.3. The Balaban J connectivity index is 1.51. The molecule has 0 bridgehead atoms. The molecule has 1 aliphatic heterocycles. The first-order valence-electron chi connectivity index (χ1n) is 10.1. The molecule has 0 spiro atoms. The number of hydrazine groups is 1. The summed E-state index contributed by atoms with van der Waals surface area (Å²) in [5.74, 6) is -0.984. The van der Waals surface area contributed by atoms with E-state index < -0.39 is 0 Å². The normalized spacial score (nSPS) is 21.7. The molecule has 0 unspecified atom stereocenters. The Hall–Kier alpha value is -3.00. The molecule has 2 heterocycles. The quantitative estimate of drug-likeness (QED) is 0.713. The van der Waals surface area contributed by atoms with Gasteiger partial charge in [0.25, 0.3) is 5.91 Å². The first-order valence-corrected chi connectivity index (χ1v) is 11.0. The van der Waals surface area contributed by atoms with Gasteiger partial charge >= 0.3 is 0 Å². The minimum Gasteiger partial charge on any atom is -0.298 e. The number of allylic oxidation sites excluding steroid dienone is 2. The van der Waals surface area contributed by atoms with Crippen LogP contribution in [-0.4, -0.2) is 22.7 Å². The van der Waals surface area contributed by atoms with Crippen molar-refractivity contribution < 1.29 is 14.4 Å². The second-order valence-corrected chi connectivity index (χ2v) is 8.55. The van der Waals surface area contributed by atoms with E-state index in [1.807, 2.05) is 17.5 Å². The highest BCUT2D eigenvalue weighted by molar-refractivity contribution is 7.14. The van der Waals surface area contributed by atoms with Crippen LogP contribution < -0.4 is 15.8 Å². The molecular weight excluding hydrogens is 400 g/mol. The van der Waals surface area contributed by atoms with Crippen LogP contribution in [0.4, 0.5) is 10.8 Å². The van der Waals surface area contributed by atoms with Crippen LogP contribution in [0.3, 0.4) is 0 Å². The van der Waals surface area contributed by atoms with Crippen molar-refractivity contribution in [1.29, 1.82) is 0 Å². The largest absolute Gasteiger partial charge is 0.298 e. The summed E-state index contributed by atoms with van der Waals surface area (Å²) < 4.78 is 0. The number of rotatable bonds is 5. The van der Waals surface area contributed by atoms with Gasteiger partial charge in [-0.15, -0.1) is 11.3 Å². The molecule has 1 aromatic heterocycles. The van der Waals surface area contributed by atoms with Crippen LogP contribution in [0.25, 0.3) is 0 Å². The van der Waals surface area contributed by atoms with E-state index >= 15 is 0 Å². The third-order valence-corrected chi connectivity index (χ3v) is 6.53. The smallest absolute Gasteiger partial charge is 0.257 e. The van der Waals surface area contributed by atoms with E-state index in [1.54, 1.807) is 24.3 Å². The zero-order valence-electron chi connectivity index (χ0n) is 16.9. The summed E-state index contributed by atoms with van der Waals surface area (Å²) >= 11 is 1.39. The van der Waals surface area contributed by atoms with Crippen molar-refractivity contribution >= 4 is 39.9 Å². The maximum Gasteiger partial charge on any atom is 0.257 e. The predicted molar refractivity (Wildman–Crippen MR) is 116 cm³/mol. The number of amides is 3. The Morgan fingerprint density at radius 2 is 2.07 bits per heavy atom. The highest BCUT2D eigenvalue weighted by Crippen LogP contribution is 2.32. The van der Waals surface area contributed by atoms with Gasteiger partial charge in [-0.1, -0.05) is 32.1 Å². The van der Waals surface area contributed by atoms with E-state index in [-0.39, 0.29) is 29.6 Å². The van der Waals surface area contributed by atoms with Gasteiger partial charge in [-0.3, -0.25) is 25.1 Å². The molecule has 3 amide bonds. The fraction of sp³-hybridized carbons (Fsp3) is 0.364. The molecule has 7 nitrogen and oxygen atoms in total. The van der Waals surface area contributed by atoms with Gasteiger partial charge in [-0.05, 0) is 43.4 Å². The second-order valence-electron chi connectivity index (χ2n) is 7.70. The van der Waals surface area contributed by atoms with Gasteiger partial charge in [-0.2, -0.15) is 0 Å². The van der Waals surface area contributed by atoms with E-state index in [0.29, 0.717) is 35.1 Å². The number of anilines is 2. The molecule has 1 aromatic carbocycles. The molecule has 2 aliphatic rings. The number of aromatic nitrogens is 1. The molecule has 8 heteroatoms. The van der Waals surface area contributed by atoms with E-state index in [1.165, 1.54) is 16.3 Å². The molecule has 3 atom stereocenters. The van der Waals surface area contributed by atoms with Gasteiger partial charge in [0.15, 0.2) is 5.13 Å². The summed E-state index contributed by atoms with van der Waals surface area (Å²) in [6, 6.07) is 6.68. The predicted octanol–water partition coefficient (Wildman–Crippen LogP) is 3.87. The zero-order valence-corrected chi connectivity index (χ0v) is 17.7. The minimum absolute atomic E-state index is 0.153. The van der Waals surface area contributed by atoms with Gasteiger partial charge in [0.1, 0.15) is 0 Å². The standard InChI is InChI=1S/C22H24N4O3S/c1-3-13(2)18-12-30-22(23-18)24-19(27)14-7-6-8-15(11-14)26-21(29)17-10-5-4-9-16(17)20(28)25-26/h4-8,11-13,16-17H,3,9-10H2,1-2H3,(H,25,28)(H,23,24,27)/t13-,16-,17+/m0/s1. The number of benzene rings is 1. The van der Waals surface area contributed by atoms with Crippen molar-refractivity contribution in [3.8, 4) is 0 Å². The highest BCUT2D eigenvalue weighted by Gasteiger charge is 2.42. The number of nitrogens with zero attached hydrogens (tertiary/aromatic N) is 2. The maximum absolute atomic E-state index is 12.9. The van der Waals surface area contributed by atoms with E-state index in [4.69, 9.17) is 0 Å².